The molecule has 0 fully saturated rings. The molecule has 2 N–H and O–H groups in total. The van der Waals surface area contributed by atoms with Crippen LogP contribution in [0.4, 0.5) is 4.79 Å². The van der Waals surface area contributed by atoms with Gasteiger partial charge in [0, 0.05) is 13.1 Å². The van der Waals surface area contributed by atoms with Gasteiger partial charge in [-0.3, -0.25) is 9.36 Å². The summed E-state index contributed by atoms with van der Waals surface area (Å²) in [7, 11) is 0. The molecule has 1 atom stereocenters. The van der Waals surface area contributed by atoms with E-state index in [0.29, 0.717) is 42.1 Å². The van der Waals surface area contributed by atoms with Gasteiger partial charge in [-0.2, -0.15) is 0 Å². The van der Waals surface area contributed by atoms with Crippen molar-refractivity contribution in [2.24, 2.45) is 0 Å². The number of hydrogen-bond acceptors (Lipinski definition) is 6. The largest absolute Gasteiger partial charge is 0.494 e. The molecule has 0 saturated heterocycles. The predicted octanol–water partition coefficient (Wildman–Crippen LogP) is 3.96. The number of amides is 1. The zero-order valence-corrected chi connectivity index (χ0v) is 19.8. The average molecular weight is 453 g/mol. The van der Waals surface area contributed by atoms with Crippen LogP contribution in [0.5, 0.6) is 5.75 Å². The van der Waals surface area contributed by atoms with Crippen LogP contribution < -0.4 is 20.9 Å². The Kier molecular flexibility index (Phi) is 7.71. The van der Waals surface area contributed by atoms with Crippen LogP contribution in [0.2, 0.25) is 0 Å². The Morgan fingerprint density at radius 1 is 1.09 bits per heavy atom. The molecular formula is C25H32N4O4. The zero-order valence-electron chi connectivity index (χ0n) is 19.8. The zero-order chi connectivity index (χ0) is 24.0. The molecule has 8 nitrogen and oxygen atoms in total. The number of rotatable bonds is 8. The minimum atomic E-state index is -0.548. The van der Waals surface area contributed by atoms with Gasteiger partial charge in [0.15, 0.2) is 0 Å². The van der Waals surface area contributed by atoms with E-state index in [1.165, 1.54) is 0 Å². The summed E-state index contributed by atoms with van der Waals surface area (Å²) in [6.07, 6.45) is -0.466. The molecule has 1 amide bonds. The van der Waals surface area contributed by atoms with Gasteiger partial charge in [0.2, 0.25) is 0 Å². The molecule has 0 bridgehead atoms. The number of nitrogens with zero attached hydrogens (tertiary/aromatic N) is 2. The molecule has 3 rings (SSSR count). The fourth-order valence-corrected chi connectivity index (χ4v) is 3.41. The maximum atomic E-state index is 13.4. The summed E-state index contributed by atoms with van der Waals surface area (Å²) in [6, 6.07) is 14.4. The quantitative estimate of drug-likeness (QED) is 0.503. The lowest BCUT2D eigenvalue weighted by Crippen LogP contribution is -2.38. The normalized spacial score (nSPS) is 12.4. The Bertz CT molecular complexity index is 1150. The number of carbonyl (C=O) groups is 1. The molecule has 3 aromatic rings. The summed E-state index contributed by atoms with van der Waals surface area (Å²) >= 11 is 0. The van der Waals surface area contributed by atoms with E-state index >= 15 is 0 Å². The van der Waals surface area contributed by atoms with E-state index in [1.54, 1.807) is 10.6 Å². The third-order valence-corrected chi connectivity index (χ3v) is 4.84. The Hall–Kier alpha value is -3.39. The third-order valence-electron chi connectivity index (χ3n) is 4.84. The van der Waals surface area contributed by atoms with E-state index in [2.05, 4.69) is 10.6 Å². The van der Waals surface area contributed by atoms with Gasteiger partial charge in [0.1, 0.15) is 17.2 Å². The summed E-state index contributed by atoms with van der Waals surface area (Å²) < 4.78 is 12.4. The highest BCUT2D eigenvalue weighted by Gasteiger charge is 2.19. The van der Waals surface area contributed by atoms with E-state index in [0.717, 1.165) is 5.75 Å². The van der Waals surface area contributed by atoms with E-state index < -0.39 is 11.7 Å². The molecule has 0 aliphatic rings. The van der Waals surface area contributed by atoms with Gasteiger partial charge in [-0.25, -0.2) is 9.78 Å². The molecule has 33 heavy (non-hydrogen) atoms. The second kappa shape index (κ2) is 10.5. The van der Waals surface area contributed by atoms with Gasteiger partial charge < -0.3 is 20.1 Å². The van der Waals surface area contributed by atoms with Gasteiger partial charge in [0.05, 0.1) is 29.2 Å². The number of para-hydroxylation sites is 1. The van der Waals surface area contributed by atoms with Crippen molar-refractivity contribution in [3.8, 4) is 11.4 Å². The fourth-order valence-electron chi connectivity index (χ4n) is 3.41. The minimum absolute atomic E-state index is 0.139. The van der Waals surface area contributed by atoms with E-state index in [-0.39, 0.29) is 11.6 Å². The first-order valence-electron chi connectivity index (χ1n) is 11.1. The Labute approximate surface area is 193 Å². The van der Waals surface area contributed by atoms with Gasteiger partial charge >= 0.3 is 6.09 Å². The smallest absolute Gasteiger partial charge is 0.407 e. The predicted molar refractivity (Wildman–Crippen MR) is 129 cm³/mol. The molecule has 1 aromatic heterocycles. The van der Waals surface area contributed by atoms with Crippen molar-refractivity contribution >= 4 is 17.0 Å². The summed E-state index contributed by atoms with van der Waals surface area (Å²) in [6.45, 7) is 10.7. The molecule has 0 radical (unpaired) electrons. The number of ether oxygens (including phenoxy) is 2. The first-order valence-corrected chi connectivity index (χ1v) is 11.1. The Balaban J connectivity index is 1.84. The lowest BCUT2D eigenvalue weighted by molar-refractivity contribution is 0.0528. The van der Waals surface area contributed by atoms with Crippen LogP contribution in [-0.4, -0.2) is 40.9 Å². The van der Waals surface area contributed by atoms with Crippen molar-refractivity contribution < 1.29 is 14.3 Å². The van der Waals surface area contributed by atoms with Crippen LogP contribution in [0, 0.1) is 0 Å². The topological polar surface area (TPSA) is 94.5 Å². The summed E-state index contributed by atoms with van der Waals surface area (Å²) in [4.78, 5) is 30.0. The van der Waals surface area contributed by atoms with Crippen molar-refractivity contribution in [1.82, 2.24) is 20.2 Å². The van der Waals surface area contributed by atoms with E-state index in [1.807, 2.05) is 77.1 Å². The van der Waals surface area contributed by atoms with Crippen molar-refractivity contribution in [1.29, 1.82) is 0 Å². The molecule has 1 heterocycles. The second-order valence-electron chi connectivity index (χ2n) is 8.66. The van der Waals surface area contributed by atoms with Crippen LogP contribution in [0.1, 0.15) is 46.5 Å². The van der Waals surface area contributed by atoms with Gasteiger partial charge in [0.25, 0.3) is 5.56 Å². The highest BCUT2D eigenvalue weighted by molar-refractivity contribution is 5.77. The minimum Gasteiger partial charge on any atom is -0.494 e. The van der Waals surface area contributed by atoms with E-state index in [9.17, 15) is 9.59 Å². The molecule has 0 aliphatic carbocycles. The Morgan fingerprint density at radius 3 is 2.45 bits per heavy atom. The van der Waals surface area contributed by atoms with Gasteiger partial charge in [-0.05, 0) is 71.0 Å². The first kappa shape index (κ1) is 24.3. The molecule has 8 heteroatoms. The van der Waals surface area contributed by atoms with Gasteiger partial charge in [-0.1, -0.05) is 12.1 Å². The fraction of sp³-hybridized carbons (Fsp3) is 0.400. The molecule has 1 unspecified atom stereocenters. The number of aromatic nitrogens is 2. The molecule has 2 aromatic carbocycles. The second-order valence-corrected chi connectivity index (χ2v) is 8.66. The van der Waals surface area contributed by atoms with Crippen LogP contribution in [0.15, 0.2) is 53.3 Å². The van der Waals surface area contributed by atoms with Crippen molar-refractivity contribution in [2.45, 2.75) is 46.3 Å². The maximum absolute atomic E-state index is 13.4. The average Bonchev–Trinajstić information content (AvgIpc) is 2.76. The molecular weight excluding hydrogens is 420 g/mol. The van der Waals surface area contributed by atoms with Gasteiger partial charge in [-0.15, -0.1) is 0 Å². The van der Waals surface area contributed by atoms with E-state index in [4.69, 9.17) is 14.5 Å². The number of carbonyl (C=O) groups excluding carboxylic acids is 1. The van der Waals surface area contributed by atoms with Crippen molar-refractivity contribution in [2.75, 3.05) is 19.7 Å². The SMILES string of the molecule is CCOc1ccc(-n2c(C(C)NCCNC(=O)OC(C)(C)C)nc3ccccc3c2=O)cc1. The van der Waals surface area contributed by atoms with Crippen molar-refractivity contribution in [3.63, 3.8) is 0 Å². The summed E-state index contributed by atoms with van der Waals surface area (Å²) in [5.41, 5.74) is 0.658. The van der Waals surface area contributed by atoms with Crippen LogP contribution in [-0.2, 0) is 4.74 Å². The monoisotopic (exact) mass is 452 g/mol. The molecule has 0 saturated carbocycles. The molecule has 0 spiro atoms. The van der Waals surface area contributed by atoms with Crippen LogP contribution >= 0.6 is 0 Å². The summed E-state index contributed by atoms with van der Waals surface area (Å²) in [5, 5.41) is 6.61. The molecule has 0 aliphatic heterocycles. The van der Waals surface area contributed by atoms with Crippen LogP contribution in [0.25, 0.3) is 16.6 Å². The highest BCUT2D eigenvalue weighted by atomic mass is 16.6. The summed E-state index contributed by atoms with van der Waals surface area (Å²) in [5.74, 6) is 1.32. The first-order chi connectivity index (χ1) is 15.7. The highest BCUT2D eigenvalue weighted by Crippen LogP contribution is 2.20. The van der Waals surface area contributed by atoms with Crippen molar-refractivity contribution in [3.05, 3.63) is 64.7 Å². The lowest BCUT2D eigenvalue weighted by atomic mass is 10.2. The molecule has 176 valence electrons. The number of nitrogens with one attached hydrogen (secondary N) is 2. The van der Waals surface area contributed by atoms with Crippen LogP contribution in [0.3, 0.4) is 0 Å². The number of hydrogen-bond donors (Lipinski definition) is 2. The maximum Gasteiger partial charge on any atom is 0.407 e. The lowest BCUT2D eigenvalue weighted by Gasteiger charge is -2.21. The third kappa shape index (κ3) is 6.32. The standard InChI is InChI=1S/C25H32N4O4/c1-6-32-19-13-11-18(12-14-19)29-22(28-21-10-8-7-9-20(21)23(29)30)17(2)26-15-16-27-24(31)33-25(3,4)5/h7-14,17,26H,6,15-16H2,1-5H3,(H,27,31). The number of fused-ring (bicyclic) bond motifs is 1. The Morgan fingerprint density at radius 2 is 1.79 bits per heavy atom. The number of alkyl carbamates (subject to hydrolysis) is 1. The number of benzene rings is 2.